The zero-order valence-corrected chi connectivity index (χ0v) is 15.1. The highest BCUT2D eigenvalue weighted by Gasteiger charge is 2.07. The second kappa shape index (κ2) is 8.58. The summed E-state index contributed by atoms with van der Waals surface area (Å²) in [4.78, 5) is 27.4. The number of anilines is 1. The van der Waals surface area contributed by atoms with Gasteiger partial charge in [0.1, 0.15) is 0 Å². The number of nitrogens with one attached hydrogen (secondary N) is 1. The average Bonchev–Trinajstić information content (AvgIpc) is 3.01. The number of unbranched alkanes of at least 4 members (excludes halogenated alkanes) is 1. The molecular weight excluding hydrogens is 348 g/mol. The molecule has 0 saturated heterocycles. The summed E-state index contributed by atoms with van der Waals surface area (Å²) >= 11 is 1.71. The van der Waals surface area contributed by atoms with Crippen molar-refractivity contribution in [1.29, 1.82) is 0 Å². The SMILES string of the molecule is O=C(O)Cc1cccc(NC(=O)CCCCc2nc3ccccc3s2)c1. The summed E-state index contributed by atoms with van der Waals surface area (Å²) < 4.78 is 1.20. The molecule has 0 fully saturated rings. The Balaban J connectivity index is 1.43. The maximum Gasteiger partial charge on any atom is 0.307 e. The molecule has 2 aromatic carbocycles. The Hall–Kier alpha value is -2.73. The van der Waals surface area contributed by atoms with Crippen molar-refractivity contribution in [2.45, 2.75) is 32.1 Å². The van der Waals surface area contributed by atoms with Crippen LogP contribution >= 0.6 is 11.3 Å². The van der Waals surface area contributed by atoms with Crippen LogP contribution in [-0.4, -0.2) is 22.0 Å². The van der Waals surface area contributed by atoms with Crippen LogP contribution in [0.15, 0.2) is 48.5 Å². The molecule has 0 atom stereocenters. The van der Waals surface area contributed by atoms with Crippen LogP contribution in [0, 0.1) is 0 Å². The van der Waals surface area contributed by atoms with Gasteiger partial charge in [-0.15, -0.1) is 11.3 Å². The standard InChI is InChI=1S/C20H20N2O3S/c23-18(21-15-7-5-6-14(12-15)13-20(24)25)10-3-4-11-19-22-16-8-1-2-9-17(16)26-19/h1-2,5-9,12H,3-4,10-11,13H2,(H,21,23)(H,24,25). The number of nitrogens with zero attached hydrogens (tertiary/aromatic N) is 1. The highest BCUT2D eigenvalue weighted by molar-refractivity contribution is 7.18. The van der Waals surface area contributed by atoms with Gasteiger partial charge in [-0.2, -0.15) is 0 Å². The molecule has 1 aromatic heterocycles. The number of aliphatic carboxylic acids is 1. The second-order valence-corrected chi connectivity index (χ2v) is 7.22. The monoisotopic (exact) mass is 368 g/mol. The number of carbonyl (C=O) groups is 2. The first-order chi connectivity index (χ1) is 12.6. The normalized spacial score (nSPS) is 10.8. The number of hydrogen-bond donors (Lipinski definition) is 2. The zero-order chi connectivity index (χ0) is 18.4. The topological polar surface area (TPSA) is 79.3 Å². The van der Waals surface area contributed by atoms with E-state index in [0.29, 0.717) is 17.7 Å². The van der Waals surface area contributed by atoms with Gasteiger partial charge in [0.05, 0.1) is 21.6 Å². The third-order valence-electron chi connectivity index (χ3n) is 3.95. The fourth-order valence-electron chi connectivity index (χ4n) is 2.75. The molecule has 0 aliphatic rings. The van der Waals surface area contributed by atoms with E-state index in [-0.39, 0.29) is 12.3 Å². The maximum atomic E-state index is 12.1. The van der Waals surface area contributed by atoms with E-state index in [9.17, 15) is 9.59 Å². The molecule has 0 unspecified atom stereocenters. The minimum absolute atomic E-state index is 0.0497. The van der Waals surface area contributed by atoms with Crippen LogP contribution in [0.5, 0.6) is 0 Å². The molecule has 0 radical (unpaired) electrons. The van der Waals surface area contributed by atoms with Gasteiger partial charge >= 0.3 is 5.97 Å². The lowest BCUT2D eigenvalue weighted by Crippen LogP contribution is -2.11. The number of carboxylic acid groups (broad SMARTS) is 1. The number of fused-ring (bicyclic) bond motifs is 1. The van der Waals surface area contributed by atoms with E-state index in [1.54, 1.807) is 35.6 Å². The van der Waals surface area contributed by atoms with Gasteiger partial charge in [-0.3, -0.25) is 9.59 Å². The van der Waals surface area contributed by atoms with Crippen molar-refractivity contribution in [1.82, 2.24) is 4.98 Å². The fraction of sp³-hybridized carbons (Fsp3) is 0.250. The molecule has 1 heterocycles. The van der Waals surface area contributed by atoms with Gasteiger partial charge in [0.2, 0.25) is 5.91 Å². The van der Waals surface area contributed by atoms with Crippen molar-refractivity contribution in [2.75, 3.05) is 5.32 Å². The van der Waals surface area contributed by atoms with Crippen molar-refractivity contribution < 1.29 is 14.7 Å². The van der Waals surface area contributed by atoms with Crippen molar-refractivity contribution in [3.8, 4) is 0 Å². The number of aryl methyl sites for hydroxylation is 1. The quantitative estimate of drug-likeness (QED) is 0.582. The summed E-state index contributed by atoms with van der Waals surface area (Å²) in [6.45, 7) is 0. The van der Waals surface area contributed by atoms with Crippen molar-refractivity contribution in [2.24, 2.45) is 0 Å². The van der Waals surface area contributed by atoms with Crippen LogP contribution in [-0.2, 0) is 22.4 Å². The van der Waals surface area contributed by atoms with E-state index >= 15 is 0 Å². The first-order valence-corrected chi connectivity index (χ1v) is 9.37. The molecule has 0 spiro atoms. The number of hydrogen-bond acceptors (Lipinski definition) is 4. The molecule has 0 aliphatic carbocycles. The number of carboxylic acids is 1. The van der Waals surface area contributed by atoms with Gasteiger partial charge in [0.25, 0.3) is 0 Å². The molecular formula is C20H20N2O3S. The smallest absolute Gasteiger partial charge is 0.307 e. The molecule has 134 valence electrons. The first-order valence-electron chi connectivity index (χ1n) is 8.55. The number of benzene rings is 2. The zero-order valence-electron chi connectivity index (χ0n) is 14.3. The highest BCUT2D eigenvalue weighted by atomic mass is 32.1. The summed E-state index contributed by atoms with van der Waals surface area (Å²) in [5.41, 5.74) is 2.34. The lowest BCUT2D eigenvalue weighted by molar-refractivity contribution is -0.136. The molecule has 6 heteroatoms. The predicted molar refractivity (Wildman–Crippen MR) is 104 cm³/mol. The second-order valence-electron chi connectivity index (χ2n) is 6.10. The summed E-state index contributed by atoms with van der Waals surface area (Å²) in [6.07, 6.45) is 2.96. The maximum absolute atomic E-state index is 12.1. The Morgan fingerprint density at radius 2 is 1.92 bits per heavy atom. The Bertz CT molecular complexity index is 887. The molecule has 0 aliphatic heterocycles. The molecule has 5 nitrogen and oxygen atoms in total. The third-order valence-corrected chi connectivity index (χ3v) is 5.04. The van der Waals surface area contributed by atoms with Crippen molar-refractivity contribution in [3.05, 3.63) is 59.1 Å². The number of amides is 1. The molecule has 2 N–H and O–H groups in total. The van der Waals surface area contributed by atoms with Gasteiger partial charge in [-0.1, -0.05) is 24.3 Å². The van der Waals surface area contributed by atoms with Crippen molar-refractivity contribution in [3.63, 3.8) is 0 Å². The molecule has 26 heavy (non-hydrogen) atoms. The van der Waals surface area contributed by atoms with Crippen LogP contribution in [0.3, 0.4) is 0 Å². The Morgan fingerprint density at radius 3 is 2.73 bits per heavy atom. The van der Waals surface area contributed by atoms with Crippen molar-refractivity contribution >= 4 is 39.1 Å². The third kappa shape index (κ3) is 5.13. The lowest BCUT2D eigenvalue weighted by atomic mass is 10.1. The summed E-state index contributed by atoms with van der Waals surface area (Å²) in [5.74, 6) is -0.940. The Morgan fingerprint density at radius 1 is 1.08 bits per heavy atom. The van der Waals surface area contributed by atoms with Crippen LogP contribution in [0.25, 0.3) is 10.2 Å². The van der Waals surface area contributed by atoms with E-state index in [0.717, 1.165) is 29.8 Å². The Labute approximate surface area is 155 Å². The van der Waals surface area contributed by atoms with Crippen LogP contribution in [0.1, 0.15) is 29.8 Å². The number of carbonyl (C=O) groups excluding carboxylic acids is 1. The van der Waals surface area contributed by atoms with Crippen LogP contribution < -0.4 is 5.32 Å². The van der Waals surface area contributed by atoms with Gasteiger partial charge in [-0.05, 0) is 49.1 Å². The van der Waals surface area contributed by atoms with Crippen LogP contribution in [0.2, 0.25) is 0 Å². The lowest BCUT2D eigenvalue weighted by Gasteiger charge is -2.06. The molecule has 0 bridgehead atoms. The van der Waals surface area contributed by atoms with E-state index in [4.69, 9.17) is 5.11 Å². The van der Waals surface area contributed by atoms with Gasteiger partial charge in [0.15, 0.2) is 0 Å². The largest absolute Gasteiger partial charge is 0.481 e. The summed E-state index contributed by atoms with van der Waals surface area (Å²) in [6, 6.07) is 15.0. The number of thiazole rings is 1. The summed E-state index contributed by atoms with van der Waals surface area (Å²) in [5, 5.41) is 12.8. The highest BCUT2D eigenvalue weighted by Crippen LogP contribution is 2.23. The number of aromatic nitrogens is 1. The molecule has 1 amide bonds. The molecule has 0 saturated carbocycles. The minimum Gasteiger partial charge on any atom is -0.481 e. The Kier molecular flexibility index (Phi) is 5.96. The van der Waals surface area contributed by atoms with Crippen LogP contribution in [0.4, 0.5) is 5.69 Å². The fourth-order valence-corrected chi connectivity index (χ4v) is 3.75. The summed E-state index contributed by atoms with van der Waals surface area (Å²) in [7, 11) is 0. The van der Waals surface area contributed by atoms with E-state index in [1.165, 1.54) is 4.70 Å². The molecule has 3 rings (SSSR count). The predicted octanol–water partition coefficient (Wildman–Crippen LogP) is 4.27. The number of rotatable bonds is 8. The number of para-hydroxylation sites is 1. The van der Waals surface area contributed by atoms with E-state index in [2.05, 4.69) is 16.4 Å². The van der Waals surface area contributed by atoms with E-state index < -0.39 is 5.97 Å². The average molecular weight is 368 g/mol. The molecule has 3 aromatic rings. The van der Waals surface area contributed by atoms with Gasteiger partial charge < -0.3 is 10.4 Å². The van der Waals surface area contributed by atoms with Gasteiger partial charge in [0, 0.05) is 12.1 Å². The first kappa shape index (κ1) is 18.1. The van der Waals surface area contributed by atoms with Gasteiger partial charge in [-0.25, -0.2) is 4.98 Å². The minimum atomic E-state index is -0.886. The van der Waals surface area contributed by atoms with E-state index in [1.807, 2.05) is 18.2 Å².